The first-order chi connectivity index (χ1) is 12.1. The lowest BCUT2D eigenvalue weighted by molar-refractivity contribution is -0.146. The number of likely N-dealkylation sites (tertiary alicyclic amines) is 2. The van der Waals surface area contributed by atoms with E-state index in [2.05, 4.69) is 0 Å². The van der Waals surface area contributed by atoms with Crippen LogP contribution in [0.15, 0.2) is 24.3 Å². The summed E-state index contributed by atoms with van der Waals surface area (Å²) < 4.78 is 0. The summed E-state index contributed by atoms with van der Waals surface area (Å²) in [4.78, 5) is 29.0. The molecule has 2 aliphatic rings. The first kappa shape index (κ1) is 17.9. The number of aliphatic hydroxyl groups excluding tert-OH is 2. The molecule has 2 aliphatic heterocycles. The Hall–Kier alpha value is -1.92. The molecule has 0 aromatic heterocycles. The molecule has 1 spiro atoms. The van der Waals surface area contributed by atoms with E-state index in [1.807, 2.05) is 24.3 Å². The molecule has 2 amide bonds. The monoisotopic (exact) mass is 346 g/mol. The zero-order valence-corrected chi connectivity index (χ0v) is 14.5. The Balaban J connectivity index is 1.63. The SMILES string of the molecule is O=C(Cc1ccc(CO)cc1)N1CC[C@@]2(CCCN(CCO)C2=O)C1. The van der Waals surface area contributed by atoms with Gasteiger partial charge in [0.15, 0.2) is 0 Å². The average molecular weight is 346 g/mol. The maximum absolute atomic E-state index is 12.8. The highest BCUT2D eigenvalue weighted by Gasteiger charge is 2.49. The number of carbonyl (C=O) groups excluding carboxylic acids is 2. The molecule has 1 aromatic rings. The van der Waals surface area contributed by atoms with Gasteiger partial charge in [-0.1, -0.05) is 24.3 Å². The fraction of sp³-hybridized carbons (Fsp3) is 0.579. The zero-order chi connectivity index (χ0) is 17.9. The van der Waals surface area contributed by atoms with Crippen LogP contribution in [0.25, 0.3) is 0 Å². The van der Waals surface area contributed by atoms with Crippen LogP contribution in [-0.4, -0.2) is 64.6 Å². The Kier molecular flexibility index (Phi) is 5.39. The average Bonchev–Trinajstić information content (AvgIpc) is 3.05. The highest BCUT2D eigenvalue weighted by atomic mass is 16.3. The van der Waals surface area contributed by atoms with Gasteiger partial charge in [-0.15, -0.1) is 0 Å². The highest BCUT2D eigenvalue weighted by Crippen LogP contribution is 2.40. The normalized spacial score (nSPS) is 23.5. The molecule has 3 rings (SSSR count). The summed E-state index contributed by atoms with van der Waals surface area (Å²) in [6.07, 6.45) is 2.78. The summed E-state index contributed by atoms with van der Waals surface area (Å²) in [6.45, 7) is 2.16. The third-order valence-electron chi connectivity index (χ3n) is 5.46. The number of hydrogen-bond acceptors (Lipinski definition) is 4. The van der Waals surface area contributed by atoms with E-state index < -0.39 is 5.41 Å². The maximum Gasteiger partial charge on any atom is 0.230 e. The van der Waals surface area contributed by atoms with Crippen molar-refractivity contribution in [1.29, 1.82) is 0 Å². The van der Waals surface area contributed by atoms with Crippen LogP contribution in [0, 0.1) is 5.41 Å². The third-order valence-corrected chi connectivity index (χ3v) is 5.46. The standard InChI is InChI=1S/C19H26N2O4/c22-11-10-20-8-1-6-19(18(20)25)7-9-21(14-19)17(24)12-15-2-4-16(13-23)5-3-15/h2-5,22-23H,1,6-14H2/t19-/m0/s1. The number of β-amino-alcohol motifs (C(OH)–C–C–N with tert-alkyl or cyclic N) is 1. The number of aliphatic hydroxyl groups is 2. The highest BCUT2D eigenvalue weighted by molar-refractivity contribution is 5.86. The van der Waals surface area contributed by atoms with Crippen LogP contribution in [-0.2, 0) is 22.6 Å². The second kappa shape index (κ2) is 7.54. The van der Waals surface area contributed by atoms with Crippen molar-refractivity contribution in [3.63, 3.8) is 0 Å². The van der Waals surface area contributed by atoms with Crippen molar-refractivity contribution in [2.45, 2.75) is 32.3 Å². The molecule has 6 nitrogen and oxygen atoms in total. The van der Waals surface area contributed by atoms with Gasteiger partial charge in [0, 0.05) is 26.2 Å². The van der Waals surface area contributed by atoms with Crippen LogP contribution >= 0.6 is 0 Å². The van der Waals surface area contributed by atoms with Gasteiger partial charge in [-0.2, -0.15) is 0 Å². The van der Waals surface area contributed by atoms with Crippen molar-refractivity contribution in [3.05, 3.63) is 35.4 Å². The number of hydrogen-bond donors (Lipinski definition) is 2. The number of carbonyl (C=O) groups is 2. The lowest BCUT2D eigenvalue weighted by atomic mass is 9.78. The van der Waals surface area contributed by atoms with E-state index in [1.54, 1.807) is 9.80 Å². The topological polar surface area (TPSA) is 81.1 Å². The number of piperidine rings is 1. The minimum atomic E-state index is -0.455. The van der Waals surface area contributed by atoms with Crippen LogP contribution in [0.4, 0.5) is 0 Å². The fourth-order valence-electron chi connectivity index (χ4n) is 4.00. The molecule has 1 aromatic carbocycles. The minimum absolute atomic E-state index is 0.00464. The summed E-state index contributed by atoms with van der Waals surface area (Å²) >= 11 is 0. The van der Waals surface area contributed by atoms with Gasteiger partial charge < -0.3 is 20.0 Å². The Bertz CT molecular complexity index is 629. The first-order valence-corrected chi connectivity index (χ1v) is 8.95. The molecule has 2 N–H and O–H groups in total. The van der Waals surface area contributed by atoms with E-state index in [9.17, 15) is 9.59 Å². The molecule has 0 saturated carbocycles. The van der Waals surface area contributed by atoms with E-state index in [1.165, 1.54) is 0 Å². The van der Waals surface area contributed by atoms with Gasteiger partial charge in [0.05, 0.1) is 25.0 Å². The summed E-state index contributed by atoms with van der Waals surface area (Å²) in [6, 6.07) is 7.38. The van der Waals surface area contributed by atoms with Crippen LogP contribution in [0.2, 0.25) is 0 Å². The van der Waals surface area contributed by atoms with E-state index in [4.69, 9.17) is 10.2 Å². The van der Waals surface area contributed by atoms with Crippen LogP contribution in [0.1, 0.15) is 30.4 Å². The predicted molar refractivity (Wildman–Crippen MR) is 92.6 cm³/mol. The van der Waals surface area contributed by atoms with Crippen molar-refractivity contribution in [1.82, 2.24) is 9.80 Å². The molecule has 2 heterocycles. The second-order valence-electron chi connectivity index (χ2n) is 7.12. The van der Waals surface area contributed by atoms with Crippen molar-refractivity contribution < 1.29 is 19.8 Å². The van der Waals surface area contributed by atoms with Gasteiger partial charge in [0.2, 0.25) is 11.8 Å². The lowest BCUT2D eigenvalue weighted by Crippen LogP contribution is -2.51. The number of nitrogens with zero attached hydrogens (tertiary/aromatic N) is 2. The molecular formula is C19H26N2O4. The van der Waals surface area contributed by atoms with Crippen LogP contribution in [0.3, 0.4) is 0 Å². The van der Waals surface area contributed by atoms with Crippen molar-refractivity contribution in [2.75, 3.05) is 32.8 Å². The summed E-state index contributed by atoms with van der Waals surface area (Å²) in [5.74, 6) is 0.135. The quantitative estimate of drug-likeness (QED) is 0.816. The molecule has 6 heteroatoms. The first-order valence-electron chi connectivity index (χ1n) is 8.95. The van der Waals surface area contributed by atoms with Gasteiger partial charge in [0.1, 0.15) is 0 Å². The van der Waals surface area contributed by atoms with Gasteiger partial charge in [-0.05, 0) is 30.4 Å². The summed E-state index contributed by atoms with van der Waals surface area (Å²) in [5.41, 5.74) is 1.29. The summed E-state index contributed by atoms with van der Waals surface area (Å²) in [7, 11) is 0. The van der Waals surface area contributed by atoms with E-state index in [0.717, 1.165) is 24.0 Å². The Labute approximate surface area is 148 Å². The minimum Gasteiger partial charge on any atom is -0.395 e. The second-order valence-corrected chi connectivity index (χ2v) is 7.12. The molecule has 136 valence electrons. The van der Waals surface area contributed by atoms with Crippen molar-refractivity contribution in [2.24, 2.45) is 5.41 Å². The molecule has 0 radical (unpaired) electrons. The molecule has 2 fully saturated rings. The number of rotatable bonds is 5. The zero-order valence-electron chi connectivity index (χ0n) is 14.5. The van der Waals surface area contributed by atoms with Gasteiger partial charge in [-0.3, -0.25) is 9.59 Å². The third kappa shape index (κ3) is 3.70. The molecule has 25 heavy (non-hydrogen) atoms. The lowest BCUT2D eigenvalue weighted by Gasteiger charge is -2.39. The molecule has 1 atom stereocenters. The largest absolute Gasteiger partial charge is 0.395 e. The maximum atomic E-state index is 12.8. The number of benzene rings is 1. The molecule has 2 saturated heterocycles. The smallest absolute Gasteiger partial charge is 0.230 e. The van der Waals surface area contributed by atoms with Crippen LogP contribution < -0.4 is 0 Å². The fourth-order valence-corrected chi connectivity index (χ4v) is 4.00. The summed E-state index contributed by atoms with van der Waals surface area (Å²) in [5, 5.41) is 18.2. The number of amides is 2. The van der Waals surface area contributed by atoms with Gasteiger partial charge in [-0.25, -0.2) is 0 Å². The molecule has 0 aliphatic carbocycles. The Morgan fingerprint density at radius 2 is 1.80 bits per heavy atom. The molecule has 0 bridgehead atoms. The molecular weight excluding hydrogens is 320 g/mol. The Morgan fingerprint density at radius 1 is 1.08 bits per heavy atom. The van der Waals surface area contributed by atoms with E-state index in [-0.39, 0.29) is 25.0 Å². The van der Waals surface area contributed by atoms with Crippen molar-refractivity contribution in [3.8, 4) is 0 Å². The van der Waals surface area contributed by atoms with E-state index >= 15 is 0 Å². The van der Waals surface area contributed by atoms with Gasteiger partial charge in [0.25, 0.3) is 0 Å². The van der Waals surface area contributed by atoms with Crippen molar-refractivity contribution >= 4 is 11.8 Å². The van der Waals surface area contributed by atoms with Crippen LogP contribution in [0.5, 0.6) is 0 Å². The van der Waals surface area contributed by atoms with Gasteiger partial charge >= 0.3 is 0 Å². The molecule has 0 unspecified atom stereocenters. The Morgan fingerprint density at radius 3 is 2.48 bits per heavy atom. The van der Waals surface area contributed by atoms with E-state index in [0.29, 0.717) is 39.0 Å². The predicted octanol–water partition coefficient (Wildman–Crippen LogP) is 0.555.